The number of anilines is 1. The number of para-hydroxylation sites is 1. The molecule has 0 saturated carbocycles. The fourth-order valence-electron chi connectivity index (χ4n) is 2.37. The van der Waals surface area contributed by atoms with Crippen molar-refractivity contribution in [3.8, 4) is 6.07 Å². The number of aromatic nitrogens is 1. The molecule has 17 heavy (non-hydrogen) atoms. The Balaban J connectivity index is 2.03. The molecule has 0 radical (unpaired) electrons. The second-order valence-corrected chi connectivity index (χ2v) is 4.31. The molecule has 1 aliphatic heterocycles. The van der Waals surface area contributed by atoms with Crippen LogP contribution in [0.4, 0.5) is 5.82 Å². The van der Waals surface area contributed by atoms with Crippen LogP contribution in [-0.4, -0.2) is 18.1 Å². The van der Waals surface area contributed by atoms with Crippen molar-refractivity contribution in [1.29, 1.82) is 5.26 Å². The fourth-order valence-corrected chi connectivity index (χ4v) is 2.37. The van der Waals surface area contributed by atoms with Crippen LogP contribution in [0.2, 0.25) is 0 Å². The van der Waals surface area contributed by atoms with Crippen LogP contribution in [-0.2, 0) is 6.42 Å². The molecule has 2 aromatic rings. The summed E-state index contributed by atoms with van der Waals surface area (Å²) >= 11 is 0. The second-order valence-electron chi connectivity index (χ2n) is 4.31. The lowest BCUT2D eigenvalue weighted by molar-refractivity contribution is 0.823. The smallest absolute Gasteiger partial charge is 0.132 e. The van der Waals surface area contributed by atoms with Gasteiger partial charge in [0.25, 0.3) is 0 Å². The van der Waals surface area contributed by atoms with Gasteiger partial charge in [0.1, 0.15) is 5.82 Å². The van der Waals surface area contributed by atoms with Gasteiger partial charge in [0.15, 0.2) is 0 Å². The summed E-state index contributed by atoms with van der Waals surface area (Å²) < 4.78 is 0. The molecule has 0 spiro atoms. The van der Waals surface area contributed by atoms with Gasteiger partial charge >= 0.3 is 0 Å². The summed E-state index contributed by atoms with van der Waals surface area (Å²) in [5.41, 5.74) is 2.34. The minimum absolute atomic E-state index is 0.563. The number of nitrogens with zero attached hydrogens (tertiary/aromatic N) is 3. The summed E-state index contributed by atoms with van der Waals surface area (Å²) in [5.74, 6) is 1.07. The predicted octanol–water partition coefficient (Wildman–Crippen LogP) is 2.51. The zero-order chi connectivity index (χ0) is 11.7. The van der Waals surface area contributed by atoms with E-state index < -0.39 is 0 Å². The third-order valence-electron chi connectivity index (χ3n) is 3.22. The van der Waals surface area contributed by atoms with Gasteiger partial charge in [-0.25, -0.2) is 4.98 Å². The molecule has 3 rings (SSSR count). The first-order valence-corrected chi connectivity index (χ1v) is 5.89. The van der Waals surface area contributed by atoms with Crippen LogP contribution in [0, 0.1) is 11.3 Å². The lowest BCUT2D eigenvalue weighted by atomic mass is 10.1. The Labute approximate surface area is 100 Å². The van der Waals surface area contributed by atoms with Crippen LogP contribution >= 0.6 is 0 Å². The molecule has 0 fully saturated rings. The maximum absolute atomic E-state index is 8.65. The van der Waals surface area contributed by atoms with Gasteiger partial charge in [0, 0.05) is 18.5 Å². The van der Waals surface area contributed by atoms with Gasteiger partial charge in [-0.2, -0.15) is 5.26 Å². The lowest BCUT2D eigenvalue weighted by Crippen LogP contribution is -2.22. The Hall–Kier alpha value is -2.08. The molecule has 1 aromatic heterocycles. The van der Waals surface area contributed by atoms with Crippen LogP contribution in [0.15, 0.2) is 30.3 Å². The van der Waals surface area contributed by atoms with E-state index in [1.54, 1.807) is 0 Å². The van der Waals surface area contributed by atoms with Gasteiger partial charge in [0.2, 0.25) is 0 Å². The minimum Gasteiger partial charge on any atom is -0.355 e. The normalized spacial score (nSPS) is 13.7. The van der Waals surface area contributed by atoms with Crippen molar-refractivity contribution in [2.24, 2.45) is 0 Å². The molecule has 3 heteroatoms. The predicted molar refractivity (Wildman–Crippen MR) is 67.9 cm³/mol. The Morgan fingerprint density at radius 3 is 3.12 bits per heavy atom. The van der Waals surface area contributed by atoms with Crippen molar-refractivity contribution in [3.63, 3.8) is 0 Å². The molecule has 0 N–H and O–H groups in total. The lowest BCUT2D eigenvalue weighted by Gasteiger charge is -2.16. The first-order valence-electron chi connectivity index (χ1n) is 5.89. The Morgan fingerprint density at radius 2 is 2.24 bits per heavy atom. The highest BCUT2D eigenvalue weighted by atomic mass is 15.2. The van der Waals surface area contributed by atoms with Crippen molar-refractivity contribution in [1.82, 2.24) is 4.98 Å². The third-order valence-corrected chi connectivity index (χ3v) is 3.22. The number of hydrogen-bond donors (Lipinski definition) is 0. The highest BCUT2D eigenvalue weighted by molar-refractivity contribution is 5.82. The zero-order valence-electron chi connectivity index (χ0n) is 9.56. The molecule has 0 bridgehead atoms. The van der Waals surface area contributed by atoms with Gasteiger partial charge in [0.05, 0.1) is 18.0 Å². The maximum atomic E-state index is 8.65. The fraction of sp³-hybridized carbons (Fsp3) is 0.286. The summed E-state index contributed by atoms with van der Waals surface area (Å²) in [5, 5.41) is 9.85. The van der Waals surface area contributed by atoms with Crippen molar-refractivity contribution in [3.05, 3.63) is 35.9 Å². The molecule has 0 saturated heterocycles. The highest BCUT2D eigenvalue weighted by Gasteiger charge is 2.20. The highest BCUT2D eigenvalue weighted by Crippen LogP contribution is 2.29. The van der Waals surface area contributed by atoms with Crippen molar-refractivity contribution in [2.75, 3.05) is 18.0 Å². The largest absolute Gasteiger partial charge is 0.355 e. The molecule has 1 aliphatic rings. The minimum atomic E-state index is 0.563. The number of nitriles is 1. The molecule has 84 valence electrons. The molecule has 0 amide bonds. The van der Waals surface area contributed by atoms with Crippen molar-refractivity contribution >= 4 is 16.7 Å². The van der Waals surface area contributed by atoms with E-state index in [1.165, 1.54) is 10.9 Å². The van der Waals surface area contributed by atoms with Gasteiger partial charge in [-0.1, -0.05) is 18.2 Å². The number of fused-ring (bicyclic) bond motifs is 2. The average Bonchev–Trinajstić information content (AvgIpc) is 2.76. The number of pyridine rings is 1. The van der Waals surface area contributed by atoms with Crippen molar-refractivity contribution in [2.45, 2.75) is 12.8 Å². The van der Waals surface area contributed by atoms with E-state index >= 15 is 0 Å². The van der Waals surface area contributed by atoms with E-state index in [9.17, 15) is 0 Å². The van der Waals surface area contributed by atoms with E-state index in [2.05, 4.69) is 23.1 Å². The molecule has 0 unspecified atom stereocenters. The van der Waals surface area contributed by atoms with E-state index in [-0.39, 0.29) is 0 Å². The van der Waals surface area contributed by atoms with Crippen LogP contribution < -0.4 is 4.90 Å². The molecule has 0 atom stereocenters. The van der Waals surface area contributed by atoms with Crippen LogP contribution in [0.5, 0.6) is 0 Å². The van der Waals surface area contributed by atoms with Crippen molar-refractivity contribution < 1.29 is 0 Å². The van der Waals surface area contributed by atoms with Gasteiger partial charge in [-0.3, -0.25) is 0 Å². The first-order chi connectivity index (χ1) is 8.38. The van der Waals surface area contributed by atoms with E-state index in [0.29, 0.717) is 6.42 Å². The molecular weight excluding hydrogens is 210 g/mol. The molecule has 1 aromatic carbocycles. The topological polar surface area (TPSA) is 39.9 Å². The summed E-state index contributed by atoms with van der Waals surface area (Å²) in [7, 11) is 0. The third kappa shape index (κ3) is 1.72. The average molecular weight is 223 g/mol. The van der Waals surface area contributed by atoms with Crippen LogP contribution in [0.1, 0.15) is 12.0 Å². The maximum Gasteiger partial charge on any atom is 0.132 e. The van der Waals surface area contributed by atoms with E-state index in [0.717, 1.165) is 30.8 Å². The monoisotopic (exact) mass is 223 g/mol. The SMILES string of the molecule is N#CCCN1CCc2cc3ccccc3nc21. The molecule has 2 heterocycles. The molecule has 0 aliphatic carbocycles. The summed E-state index contributed by atoms with van der Waals surface area (Å²) in [6, 6.07) is 12.6. The first kappa shape index (κ1) is 10.1. The zero-order valence-corrected chi connectivity index (χ0v) is 9.56. The number of hydrogen-bond acceptors (Lipinski definition) is 3. The Bertz CT molecular complexity index is 598. The quantitative estimate of drug-likeness (QED) is 0.785. The van der Waals surface area contributed by atoms with Gasteiger partial charge in [-0.05, 0) is 24.1 Å². The van der Waals surface area contributed by atoms with E-state index in [4.69, 9.17) is 10.2 Å². The standard InChI is InChI=1S/C14H13N3/c15-7-3-8-17-9-6-12-10-11-4-1-2-5-13(11)16-14(12)17/h1-2,4-5,10H,3,6,8-9H2. The molecule has 3 nitrogen and oxygen atoms in total. The number of benzene rings is 1. The van der Waals surface area contributed by atoms with Gasteiger partial charge < -0.3 is 4.90 Å². The summed E-state index contributed by atoms with van der Waals surface area (Å²) in [4.78, 5) is 6.92. The van der Waals surface area contributed by atoms with Crippen LogP contribution in [0.25, 0.3) is 10.9 Å². The number of rotatable bonds is 2. The van der Waals surface area contributed by atoms with Crippen LogP contribution in [0.3, 0.4) is 0 Å². The molecular formula is C14H13N3. The summed E-state index contributed by atoms with van der Waals surface area (Å²) in [6.07, 6.45) is 1.60. The Morgan fingerprint density at radius 1 is 1.35 bits per heavy atom. The van der Waals surface area contributed by atoms with E-state index in [1.807, 2.05) is 18.2 Å². The summed E-state index contributed by atoms with van der Waals surface area (Å²) in [6.45, 7) is 1.77. The second kappa shape index (κ2) is 4.06. The Kier molecular flexibility index (Phi) is 2.41. The van der Waals surface area contributed by atoms with Gasteiger partial charge in [-0.15, -0.1) is 0 Å².